The molecule has 2 aliphatic heterocycles. The predicted octanol–water partition coefficient (Wildman–Crippen LogP) is 3.50. The summed E-state index contributed by atoms with van der Waals surface area (Å²) in [5.41, 5.74) is 6.27. The number of aromatic nitrogens is 2. The van der Waals surface area contributed by atoms with Gasteiger partial charge in [-0.1, -0.05) is 0 Å². The molecule has 186 valence electrons. The molecule has 0 saturated carbocycles. The Labute approximate surface area is 202 Å². The molecule has 2 saturated heterocycles. The molecule has 0 bridgehead atoms. The zero-order valence-corrected chi connectivity index (χ0v) is 19.3. The highest BCUT2D eigenvalue weighted by molar-refractivity contribution is 5.98. The summed E-state index contributed by atoms with van der Waals surface area (Å²) in [6.45, 7) is 1.69. The van der Waals surface area contributed by atoms with Gasteiger partial charge in [-0.15, -0.1) is 0 Å². The average Bonchev–Trinajstić information content (AvgIpc) is 3.49. The van der Waals surface area contributed by atoms with Gasteiger partial charge in [0.1, 0.15) is 11.4 Å². The molecular formula is C24H29FN6O4. The predicted molar refractivity (Wildman–Crippen MR) is 124 cm³/mol. The molecule has 4 atom stereocenters. The molecule has 4 rings (SSSR count). The normalized spacial score (nSPS) is 23.0. The molecule has 0 aliphatic carbocycles. The zero-order valence-electron chi connectivity index (χ0n) is 19.3. The van der Waals surface area contributed by atoms with Crippen molar-refractivity contribution in [1.29, 1.82) is 5.26 Å². The molecule has 2 amide bonds. The summed E-state index contributed by atoms with van der Waals surface area (Å²) in [5, 5.41) is 26.8. The third-order valence-corrected chi connectivity index (χ3v) is 6.92. The number of benzene rings is 1. The number of piperidine rings is 1. The van der Waals surface area contributed by atoms with Crippen LogP contribution in [0.1, 0.15) is 48.5 Å². The van der Waals surface area contributed by atoms with Crippen LogP contribution in [0.4, 0.5) is 20.7 Å². The van der Waals surface area contributed by atoms with Gasteiger partial charge in [-0.05, 0) is 61.8 Å². The van der Waals surface area contributed by atoms with Crippen LogP contribution in [0.3, 0.4) is 0 Å². The Balaban J connectivity index is 1.58. The second kappa shape index (κ2) is 10.7. The van der Waals surface area contributed by atoms with Gasteiger partial charge in [0.2, 0.25) is 0 Å². The fourth-order valence-corrected chi connectivity index (χ4v) is 5.13. The Morgan fingerprint density at radius 2 is 2.11 bits per heavy atom. The topological polar surface area (TPSA) is 146 Å². The van der Waals surface area contributed by atoms with Crippen LogP contribution in [0, 0.1) is 29.0 Å². The number of hydrogen-bond acceptors (Lipinski definition) is 6. The number of nitrogens with two attached hydrogens (primary N) is 1. The molecule has 0 spiro atoms. The first kappa shape index (κ1) is 24.5. The van der Waals surface area contributed by atoms with Crippen molar-refractivity contribution in [3.8, 4) is 6.07 Å². The molecule has 4 unspecified atom stereocenters. The number of rotatable bonds is 8. The first-order valence-corrected chi connectivity index (χ1v) is 11.7. The average molecular weight is 485 g/mol. The summed E-state index contributed by atoms with van der Waals surface area (Å²) < 4.78 is 20.3. The van der Waals surface area contributed by atoms with Crippen molar-refractivity contribution < 1.29 is 23.8 Å². The lowest BCUT2D eigenvalue weighted by Crippen LogP contribution is -2.47. The quantitative estimate of drug-likeness (QED) is 0.519. The molecule has 35 heavy (non-hydrogen) atoms. The Bertz CT molecular complexity index is 1090. The highest BCUT2D eigenvalue weighted by Gasteiger charge is 2.38. The summed E-state index contributed by atoms with van der Waals surface area (Å²) in [7, 11) is 0. The number of amides is 2. The largest absolute Gasteiger partial charge is 0.465 e. The van der Waals surface area contributed by atoms with Crippen LogP contribution < -0.4 is 11.1 Å². The van der Waals surface area contributed by atoms with Crippen molar-refractivity contribution in [2.45, 2.75) is 44.2 Å². The number of ether oxygens (including phenoxy) is 1. The molecule has 10 nitrogen and oxygen atoms in total. The van der Waals surface area contributed by atoms with Crippen molar-refractivity contribution in [2.75, 3.05) is 25.1 Å². The van der Waals surface area contributed by atoms with Gasteiger partial charge >= 0.3 is 6.09 Å². The van der Waals surface area contributed by atoms with Crippen LogP contribution in [0.15, 0.2) is 30.5 Å². The number of carbonyl (C=O) groups is 2. The number of halogens is 1. The second-order valence-corrected chi connectivity index (χ2v) is 9.18. The SMILES string of the molecule is N#CCC(C1CCN(C(=O)O)C(CC2CCOC2)C1)n1cc(C(N)=O)c(Nc2ccc(F)cc2)n1. The molecule has 0 radical (unpaired) electrons. The lowest BCUT2D eigenvalue weighted by molar-refractivity contribution is 0.0631. The van der Waals surface area contributed by atoms with Crippen LogP contribution in [-0.2, 0) is 4.74 Å². The van der Waals surface area contributed by atoms with Gasteiger partial charge in [-0.25, -0.2) is 9.18 Å². The monoisotopic (exact) mass is 484 g/mol. The number of nitriles is 1. The summed E-state index contributed by atoms with van der Waals surface area (Å²) >= 11 is 0. The Morgan fingerprint density at radius 3 is 2.74 bits per heavy atom. The van der Waals surface area contributed by atoms with E-state index < -0.39 is 17.8 Å². The van der Waals surface area contributed by atoms with Crippen molar-refractivity contribution in [3.63, 3.8) is 0 Å². The van der Waals surface area contributed by atoms with Crippen molar-refractivity contribution in [3.05, 3.63) is 41.8 Å². The number of anilines is 2. The first-order valence-electron chi connectivity index (χ1n) is 11.7. The number of nitrogens with zero attached hydrogens (tertiary/aromatic N) is 4. The summed E-state index contributed by atoms with van der Waals surface area (Å²) in [4.78, 5) is 25.5. The number of carboxylic acid groups (broad SMARTS) is 1. The Morgan fingerprint density at radius 1 is 1.34 bits per heavy atom. The van der Waals surface area contributed by atoms with Crippen molar-refractivity contribution in [2.24, 2.45) is 17.6 Å². The third kappa shape index (κ3) is 5.71. The van der Waals surface area contributed by atoms with Crippen LogP contribution in [0.2, 0.25) is 0 Å². The maximum absolute atomic E-state index is 13.3. The molecule has 11 heteroatoms. The van der Waals surface area contributed by atoms with Gasteiger partial charge in [0, 0.05) is 37.7 Å². The maximum Gasteiger partial charge on any atom is 0.407 e. The van der Waals surface area contributed by atoms with Gasteiger partial charge in [-0.3, -0.25) is 9.48 Å². The zero-order chi connectivity index (χ0) is 24.9. The second-order valence-electron chi connectivity index (χ2n) is 9.18. The minimum Gasteiger partial charge on any atom is -0.465 e. The molecular weight excluding hydrogens is 455 g/mol. The van der Waals surface area contributed by atoms with Gasteiger partial charge in [0.05, 0.1) is 18.5 Å². The highest BCUT2D eigenvalue weighted by atomic mass is 19.1. The van der Waals surface area contributed by atoms with Crippen molar-refractivity contribution in [1.82, 2.24) is 14.7 Å². The van der Waals surface area contributed by atoms with E-state index in [9.17, 15) is 24.3 Å². The third-order valence-electron chi connectivity index (χ3n) is 6.92. The van der Waals surface area contributed by atoms with Gasteiger partial charge in [0.25, 0.3) is 5.91 Å². The van der Waals surface area contributed by atoms with Gasteiger partial charge in [-0.2, -0.15) is 10.4 Å². The molecule has 1 aromatic heterocycles. The number of primary amides is 1. The van der Waals surface area contributed by atoms with Gasteiger partial charge < -0.3 is 25.8 Å². The van der Waals surface area contributed by atoms with Gasteiger partial charge in [0.15, 0.2) is 5.82 Å². The first-order chi connectivity index (χ1) is 16.9. The van der Waals surface area contributed by atoms with Crippen LogP contribution in [-0.4, -0.2) is 57.6 Å². The molecule has 2 fully saturated rings. The van der Waals surface area contributed by atoms with E-state index in [0.29, 0.717) is 50.6 Å². The smallest absolute Gasteiger partial charge is 0.407 e. The molecule has 4 N–H and O–H groups in total. The van der Waals surface area contributed by atoms with E-state index in [1.807, 2.05) is 0 Å². The maximum atomic E-state index is 13.3. The minimum absolute atomic E-state index is 0.0168. The van der Waals surface area contributed by atoms with E-state index in [0.717, 1.165) is 6.42 Å². The molecule has 3 heterocycles. The molecule has 2 aromatic rings. The van der Waals surface area contributed by atoms with Crippen molar-refractivity contribution >= 4 is 23.5 Å². The lowest BCUT2D eigenvalue weighted by atomic mass is 9.81. The summed E-state index contributed by atoms with van der Waals surface area (Å²) in [6, 6.07) is 7.28. The highest BCUT2D eigenvalue weighted by Crippen LogP contribution is 2.37. The Kier molecular flexibility index (Phi) is 7.51. The fourth-order valence-electron chi connectivity index (χ4n) is 5.13. The van der Waals surface area contributed by atoms with E-state index in [1.165, 1.54) is 35.4 Å². The van der Waals surface area contributed by atoms with E-state index in [-0.39, 0.29) is 35.8 Å². The van der Waals surface area contributed by atoms with Crippen LogP contribution in [0.5, 0.6) is 0 Å². The van der Waals surface area contributed by atoms with E-state index in [2.05, 4.69) is 16.5 Å². The van der Waals surface area contributed by atoms with Crippen LogP contribution >= 0.6 is 0 Å². The van der Waals surface area contributed by atoms with Crippen LogP contribution in [0.25, 0.3) is 0 Å². The van der Waals surface area contributed by atoms with E-state index in [1.54, 1.807) is 4.68 Å². The van der Waals surface area contributed by atoms with E-state index >= 15 is 0 Å². The number of carbonyl (C=O) groups excluding carboxylic acids is 1. The number of nitrogens with one attached hydrogen (secondary N) is 1. The molecule has 1 aromatic carbocycles. The lowest BCUT2D eigenvalue weighted by Gasteiger charge is -2.41. The minimum atomic E-state index is -0.940. The number of hydrogen-bond donors (Lipinski definition) is 3. The standard InChI is InChI=1S/C24H29FN6O4/c25-17-1-3-18(4-2-17)28-23-20(22(27)32)13-31(29-23)21(5-8-26)16-6-9-30(24(33)34)19(12-16)11-15-7-10-35-14-15/h1-4,13,15-16,19,21H,5-7,9-12,14H2,(H2,27,32)(H,28,29)(H,33,34). The molecule has 2 aliphatic rings. The fraction of sp³-hybridized carbons (Fsp3) is 0.500. The Hall–Kier alpha value is -3.65. The van der Waals surface area contributed by atoms with E-state index in [4.69, 9.17) is 10.5 Å². The number of likely N-dealkylation sites (tertiary alicyclic amines) is 1. The summed E-state index contributed by atoms with van der Waals surface area (Å²) in [6.07, 6.45) is 3.52. The summed E-state index contributed by atoms with van der Waals surface area (Å²) in [5.74, 6) is -0.563.